The van der Waals surface area contributed by atoms with Gasteiger partial charge >= 0.3 is 0 Å². The molecular weight excluding hydrogens is 364 g/mol. The van der Waals surface area contributed by atoms with E-state index >= 15 is 0 Å². The van der Waals surface area contributed by atoms with E-state index in [9.17, 15) is 9.59 Å². The molecule has 0 spiro atoms. The Bertz CT molecular complexity index is 832. The highest BCUT2D eigenvalue weighted by Gasteiger charge is 2.09. The molecule has 0 unspecified atom stereocenters. The SMILES string of the molecule is Cc1c(Cl)cccc1NC(=O)CCC(=O)N/N=C\c1ccc(N(C)C)cc1. The van der Waals surface area contributed by atoms with Crippen LogP contribution in [0.4, 0.5) is 11.4 Å². The molecule has 0 saturated heterocycles. The molecule has 2 rings (SSSR count). The molecule has 0 aliphatic carbocycles. The van der Waals surface area contributed by atoms with Gasteiger partial charge in [-0.05, 0) is 42.3 Å². The number of hydrogen-bond donors (Lipinski definition) is 2. The van der Waals surface area contributed by atoms with Crippen LogP contribution in [0.2, 0.25) is 5.02 Å². The molecule has 2 N–H and O–H groups in total. The molecular formula is C20H23ClN4O2. The van der Waals surface area contributed by atoms with Gasteiger partial charge < -0.3 is 10.2 Å². The van der Waals surface area contributed by atoms with Gasteiger partial charge in [-0.25, -0.2) is 5.43 Å². The van der Waals surface area contributed by atoms with Gasteiger partial charge in [-0.15, -0.1) is 0 Å². The number of carbonyl (C=O) groups is 2. The molecule has 0 saturated carbocycles. The van der Waals surface area contributed by atoms with Crippen LogP contribution in [0, 0.1) is 6.92 Å². The van der Waals surface area contributed by atoms with E-state index in [1.807, 2.05) is 50.2 Å². The van der Waals surface area contributed by atoms with Crippen LogP contribution >= 0.6 is 11.6 Å². The number of hydrazone groups is 1. The number of nitrogens with one attached hydrogen (secondary N) is 2. The Morgan fingerprint density at radius 2 is 1.74 bits per heavy atom. The minimum absolute atomic E-state index is 0.0440. The summed E-state index contributed by atoms with van der Waals surface area (Å²) < 4.78 is 0. The predicted octanol–water partition coefficient (Wildman–Crippen LogP) is 3.58. The van der Waals surface area contributed by atoms with Gasteiger partial charge in [0.15, 0.2) is 0 Å². The van der Waals surface area contributed by atoms with Crippen LogP contribution in [-0.4, -0.2) is 32.1 Å². The Hall–Kier alpha value is -2.86. The van der Waals surface area contributed by atoms with E-state index < -0.39 is 0 Å². The molecule has 0 fully saturated rings. The molecule has 0 radical (unpaired) electrons. The summed E-state index contributed by atoms with van der Waals surface area (Å²) in [5.74, 6) is -0.576. The summed E-state index contributed by atoms with van der Waals surface area (Å²) in [7, 11) is 3.93. The zero-order valence-electron chi connectivity index (χ0n) is 15.6. The first kappa shape index (κ1) is 20.5. The Balaban J connectivity index is 1.77. The number of carbonyl (C=O) groups excluding carboxylic acids is 2. The van der Waals surface area contributed by atoms with Crippen molar-refractivity contribution in [2.24, 2.45) is 5.10 Å². The molecule has 2 aromatic rings. The van der Waals surface area contributed by atoms with Crippen LogP contribution in [0.5, 0.6) is 0 Å². The molecule has 2 amide bonds. The summed E-state index contributed by atoms with van der Waals surface area (Å²) in [6, 6.07) is 13.0. The average Bonchev–Trinajstić information content (AvgIpc) is 2.64. The lowest BCUT2D eigenvalue weighted by Gasteiger charge is -2.11. The van der Waals surface area contributed by atoms with Gasteiger partial charge in [0.05, 0.1) is 6.21 Å². The highest BCUT2D eigenvalue weighted by Crippen LogP contribution is 2.23. The zero-order chi connectivity index (χ0) is 19.8. The van der Waals surface area contributed by atoms with Crippen molar-refractivity contribution in [3.05, 3.63) is 58.6 Å². The van der Waals surface area contributed by atoms with Gasteiger partial charge in [0.1, 0.15) is 0 Å². The summed E-state index contributed by atoms with van der Waals surface area (Å²) in [5, 5.41) is 7.26. The largest absolute Gasteiger partial charge is 0.378 e. The standard InChI is InChI=1S/C20H23ClN4O2/c1-14-17(21)5-4-6-18(14)23-19(26)11-12-20(27)24-22-13-15-7-9-16(10-8-15)25(2)3/h4-10,13H,11-12H2,1-3H3,(H,23,26)(H,24,27)/b22-13-. The van der Waals surface area contributed by atoms with E-state index in [-0.39, 0.29) is 24.7 Å². The maximum absolute atomic E-state index is 12.0. The van der Waals surface area contributed by atoms with Gasteiger partial charge in [-0.3, -0.25) is 9.59 Å². The number of amides is 2. The van der Waals surface area contributed by atoms with E-state index in [0.29, 0.717) is 10.7 Å². The number of halogens is 1. The monoisotopic (exact) mass is 386 g/mol. The highest BCUT2D eigenvalue weighted by atomic mass is 35.5. The van der Waals surface area contributed by atoms with E-state index in [4.69, 9.17) is 11.6 Å². The second-order valence-electron chi connectivity index (χ2n) is 6.24. The molecule has 7 heteroatoms. The van der Waals surface area contributed by atoms with Crippen LogP contribution in [-0.2, 0) is 9.59 Å². The zero-order valence-corrected chi connectivity index (χ0v) is 16.4. The summed E-state index contributed by atoms with van der Waals surface area (Å²) in [5.41, 5.74) is 5.82. The van der Waals surface area contributed by atoms with E-state index in [1.54, 1.807) is 24.4 Å². The number of anilines is 2. The van der Waals surface area contributed by atoms with Crippen molar-refractivity contribution in [3.8, 4) is 0 Å². The Morgan fingerprint density at radius 3 is 2.41 bits per heavy atom. The molecule has 0 bridgehead atoms. The first-order valence-corrected chi connectivity index (χ1v) is 8.89. The fraction of sp³-hybridized carbons (Fsp3) is 0.250. The first-order chi connectivity index (χ1) is 12.9. The number of nitrogens with zero attached hydrogens (tertiary/aromatic N) is 2. The second-order valence-corrected chi connectivity index (χ2v) is 6.65. The number of hydrogen-bond acceptors (Lipinski definition) is 4. The summed E-state index contributed by atoms with van der Waals surface area (Å²) in [6.45, 7) is 1.82. The minimum atomic E-state index is -0.325. The third kappa shape index (κ3) is 6.42. The average molecular weight is 387 g/mol. The van der Waals surface area contributed by atoms with E-state index in [2.05, 4.69) is 15.8 Å². The minimum Gasteiger partial charge on any atom is -0.378 e. The molecule has 2 aromatic carbocycles. The molecule has 6 nitrogen and oxygen atoms in total. The predicted molar refractivity (Wildman–Crippen MR) is 111 cm³/mol. The Morgan fingerprint density at radius 1 is 1.07 bits per heavy atom. The van der Waals surface area contributed by atoms with Crippen molar-refractivity contribution in [2.45, 2.75) is 19.8 Å². The summed E-state index contributed by atoms with van der Waals surface area (Å²) in [6.07, 6.45) is 1.67. The Kier molecular flexibility index (Phi) is 7.37. The molecule has 0 aromatic heterocycles. The van der Waals surface area contributed by atoms with Crippen molar-refractivity contribution in [1.82, 2.24) is 5.43 Å². The van der Waals surface area contributed by atoms with Gasteiger partial charge in [0.2, 0.25) is 11.8 Å². The molecule has 0 atom stereocenters. The van der Waals surface area contributed by atoms with Crippen LogP contribution in [0.1, 0.15) is 24.0 Å². The normalized spacial score (nSPS) is 10.7. The fourth-order valence-corrected chi connectivity index (χ4v) is 2.45. The number of rotatable bonds is 7. The second kappa shape index (κ2) is 9.73. The fourth-order valence-electron chi connectivity index (χ4n) is 2.28. The van der Waals surface area contributed by atoms with Crippen molar-refractivity contribution >= 4 is 41.0 Å². The van der Waals surface area contributed by atoms with Gasteiger partial charge in [-0.2, -0.15) is 5.10 Å². The number of benzene rings is 2. The molecule has 0 aliphatic rings. The van der Waals surface area contributed by atoms with Crippen LogP contribution in [0.3, 0.4) is 0 Å². The van der Waals surface area contributed by atoms with Crippen molar-refractivity contribution in [3.63, 3.8) is 0 Å². The van der Waals surface area contributed by atoms with Gasteiger partial charge in [0.25, 0.3) is 0 Å². The smallest absolute Gasteiger partial charge is 0.240 e. The maximum atomic E-state index is 12.0. The van der Waals surface area contributed by atoms with Gasteiger partial charge in [-0.1, -0.05) is 29.8 Å². The molecule has 142 valence electrons. The highest BCUT2D eigenvalue weighted by molar-refractivity contribution is 6.31. The quantitative estimate of drug-likeness (QED) is 0.564. The lowest BCUT2D eigenvalue weighted by atomic mass is 10.2. The van der Waals surface area contributed by atoms with Crippen LogP contribution < -0.4 is 15.6 Å². The van der Waals surface area contributed by atoms with Crippen LogP contribution in [0.15, 0.2) is 47.6 Å². The topological polar surface area (TPSA) is 73.8 Å². The first-order valence-electron chi connectivity index (χ1n) is 8.51. The van der Waals surface area contributed by atoms with Crippen LogP contribution in [0.25, 0.3) is 0 Å². The van der Waals surface area contributed by atoms with Crippen molar-refractivity contribution in [1.29, 1.82) is 0 Å². The van der Waals surface area contributed by atoms with E-state index in [1.165, 1.54) is 0 Å². The maximum Gasteiger partial charge on any atom is 0.240 e. The summed E-state index contributed by atoms with van der Waals surface area (Å²) in [4.78, 5) is 25.8. The lowest BCUT2D eigenvalue weighted by Crippen LogP contribution is -2.20. The van der Waals surface area contributed by atoms with Crippen molar-refractivity contribution < 1.29 is 9.59 Å². The third-order valence-corrected chi connectivity index (χ3v) is 4.34. The molecule has 0 aliphatic heterocycles. The molecule has 27 heavy (non-hydrogen) atoms. The van der Waals surface area contributed by atoms with Crippen molar-refractivity contribution in [2.75, 3.05) is 24.3 Å². The summed E-state index contributed by atoms with van der Waals surface area (Å²) >= 11 is 6.02. The van der Waals surface area contributed by atoms with E-state index in [0.717, 1.165) is 16.8 Å². The lowest BCUT2D eigenvalue weighted by molar-refractivity contribution is -0.124. The van der Waals surface area contributed by atoms with Gasteiger partial charge in [0, 0.05) is 43.3 Å². The Labute approximate surface area is 164 Å². The molecule has 0 heterocycles. The third-order valence-electron chi connectivity index (χ3n) is 3.93.